The average Bonchev–Trinajstić information content (AvgIpc) is 1.84. The number of methoxy groups -OCH3 is 1. The minimum Gasteiger partial charge on any atom is -0.481 e. The molecule has 6 atom stereocenters. The zero-order valence-electron chi connectivity index (χ0n) is 68.2. The molecular weight excluding hydrogens is 1490 g/mol. The first-order chi connectivity index (χ1) is 56.3. The van der Waals surface area contributed by atoms with Gasteiger partial charge in [0, 0.05) is 177 Å². The number of likely N-dealkylation sites (tertiary alicyclic amines) is 4. The maximum Gasteiger partial charge on any atom is 0.306 e. The van der Waals surface area contributed by atoms with Crippen LogP contribution in [0, 0.1) is 5.92 Å². The predicted octanol–water partition coefficient (Wildman–Crippen LogP) is 10.8. The summed E-state index contributed by atoms with van der Waals surface area (Å²) in [6.45, 7) is 11.8. The molecule has 0 bridgehead atoms. The van der Waals surface area contributed by atoms with Gasteiger partial charge in [0.15, 0.2) is 0 Å². The summed E-state index contributed by atoms with van der Waals surface area (Å²) in [6.07, 6.45) is 5.99. The second-order valence-electron chi connectivity index (χ2n) is 29.5. The van der Waals surface area contributed by atoms with Crippen molar-refractivity contribution < 1.29 is 73.1 Å². The molecule has 4 aliphatic heterocycles. The van der Waals surface area contributed by atoms with E-state index in [0.717, 1.165) is 112 Å². The standard InChI is InChI=1S/C23H29N3O3.C20H29N3O3.C20H31N3O3.C11H13NO3.C10H11NO3.C6H7N/c1-25(23(29)13-12-22(28)24-19-10-6-3-7-11-19)21(18-8-4-2-5-9-18)17-26-15-14-20(27)16-26;24-18-11-13-22(15-18)14-17-8-4-5-12-23(17)20(26)10-9-19(25)21-16-6-2-1-3-7-16;1-15(2)18(14-23-12-11-17(24)13-23)22(3)20(26)10-9-19(25)21-16-7-5-4-6-8-16;1-15-11(14)8-7-10(13)12-9-5-3-2-4-6-9;12-9(6-7-10(13)14)11-8-4-2-1-3-5-8;7-6-4-2-1-3-5-6/h2-11,20-21,27H,12-17H2,1H3,(H,24,28);1-3,6-7,17-18,24H,4-5,8-15H2,(H,21,25);4-8,15,17-18,24H,9-14H2,1-3H3,(H,21,25);2-6H,7-8H2,1H3,(H,12,13);1-5H,6-7H2,(H,11,12)(H,13,14);1-5H,7H2/t20-,21+;17-,18-;17-,18+;;;/m000.../s1. The number of aliphatic hydroxyl groups is 3. The van der Waals surface area contributed by atoms with Crippen molar-refractivity contribution in [1.82, 2.24) is 29.4 Å². The number of β-amino-alcohol motifs (C(OH)–C–C–N with tert-alkyl or cyclic N) is 3. The highest BCUT2D eigenvalue weighted by atomic mass is 16.5. The number of para-hydroxylation sites is 6. The zero-order valence-corrected chi connectivity index (χ0v) is 68.2. The van der Waals surface area contributed by atoms with Crippen molar-refractivity contribution in [3.8, 4) is 0 Å². The molecule has 630 valence electrons. The Morgan fingerprint density at radius 2 is 0.761 bits per heavy atom. The molecule has 7 aromatic carbocycles. The van der Waals surface area contributed by atoms with E-state index >= 15 is 0 Å². The molecule has 8 amide bonds. The first-order valence-electron chi connectivity index (χ1n) is 40.2. The number of amides is 8. The highest BCUT2D eigenvalue weighted by molar-refractivity contribution is 5.96. The number of likely N-dealkylation sites (N-methyl/N-ethyl adjacent to an activating group) is 2. The van der Waals surface area contributed by atoms with Crippen molar-refractivity contribution in [3.63, 3.8) is 0 Å². The molecule has 0 saturated carbocycles. The summed E-state index contributed by atoms with van der Waals surface area (Å²) in [5.41, 5.74) is 10.9. The summed E-state index contributed by atoms with van der Waals surface area (Å²) in [5.74, 6) is -1.97. The van der Waals surface area contributed by atoms with E-state index in [4.69, 9.17) is 10.8 Å². The minimum atomic E-state index is -0.965. The van der Waals surface area contributed by atoms with E-state index in [1.807, 2.05) is 188 Å². The number of aliphatic hydroxyl groups excluding tert-OH is 3. The van der Waals surface area contributed by atoms with Crippen molar-refractivity contribution in [2.45, 2.75) is 153 Å². The van der Waals surface area contributed by atoms with Gasteiger partial charge >= 0.3 is 11.9 Å². The molecule has 0 aromatic heterocycles. The number of nitrogens with two attached hydrogens (primary N) is 1. The SMILES string of the molecule is CC(C)[C@@H](CN1CC[C@H](O)C1)N(C)C(=O)CCC(=O)Nc1ccccc1.CN(C(=O)CCC(=O)Nc1ccccc1)[C@H](CN1CC[C@H](O)C1)c1ccccc1.COC(=O)CCC(=O)Nc1ccccc1.Nc1ccccc1.O=C(CCC(=O)N1CCCC[C@H]1CN1CC[C@H](O)C1)Nc1ccccc1.O=C(O)CCC(=O)Nc1ccccc1. The molecule has 4 saturated heterocycles. The van der Waals surface area contributed by atoms with E-state index in [2.05, 4.69) is 59.9 Å². The molecule has 11 N–H and O–H groups in total. The fourth-order valence-electron chi connectivity index (χ4n) is 13.4. The van der Waals surface area contributed by atoms with Gasteiger partial charge in [-0.2, -0.15) is 0 Å². The molecule has 27 nitrogen and oxygen atoms in total. The molecule has 0 radical (unpaired) electrons. The Labute approximate surface area is 688 Å². The van der Waals surface area contributed by atoms with E-state index in [0.29, 0.717) is 37.8 Å². The number of carbonyl (C=O) groups excluding carboxylic acids is 9. The van der Waals surface area contributed by atoms with Crippen LogP contribution in [0.15, 0.2) is 212 Å². The lowest BCUT2D eigenvalue weighted by molar-refractivity contribution is -0.141. The van der Waals surface area contributed by atoms with Gasteiger partial charge in [-0.25, -0.2) is 0 Å². The number of carboxylic acids is 1. The quantitative estimate of drug-likeness (QED) is 0.0148. The fourth-order valence-corrected chi connectivity index (χ4v) is 13.4. The molecule has 117 heavy (non-hydrogen) atoms. The smallest absolute Gasteiger partial charge is 0.306 e. The van der Waals surface area contributed by atoms with Crippen LogP contribution in [0.5, 0.6) is 0 Å². The summed E-state index contributed by atoms with van der Waals surface area (Å²) in [6, 6.07) is 65.4. The van der Waals surface area contributed by atoms with Gasteiger partial charge in [0.05, 0.1) is 44.3 Å². The molecule has 27 heteroatoms. The minimum absolute atomic E-state index is 0.00419. The highest BCUT2D eigenvalue weighted by Gasteiger charge is 2.33. The normalized spacial score (nSPS) is 16.7. The van der Waals surface area contributed by atoms with Gasteiger partial charge in [-0.15, -0.1) is 0 Å². The molecule has 0 unspecified atom stereocenters. The van der Waals surface area contributed by atoms with Crippen LogP contribution in [0.2, 0.25) is 0 Å². The Kier molecular flexibility index (Phi) is 43.0. The first-order valence-corrected chi connectivity index (χ1v) is 40.2. The van der Waals surface area contributed by atoms with E-state index in [1.165, 1.54) is 7.11 Å². The van der Waals surface area contributed by atoms with Crippen LogP contribution < -0.4 is 32.3 Å². The van der Waals surface area contributed by atoms with E-state index < -0.39 is 5.97 Å². The van der Waals surface area contributed by atoms with Crippen LogP contribution in [0.1, 0.15) is 128 Å². The summed E-state index contributed by atoms with van der Waals surface area (Å²) >= 11 is 0. The van der Waals surface area contributed by atoms with Crippen LogP contribution in [0.4, 0.5) is 34.1 Å². The van der Waals surface area contributed by atoms with Crippen LogP contribution in [0.3, 0.4) is 0 Å². The summed E-state index contributed by atoms with van der Waals surface area (Å²) in [7, 11) is 4.91. The molecular formula is C90H120N12O15. The zero-order chi connectivity index (χ0) is 84.7. The lowest BCUT2D eigenvalue weighted by atomic mass is 10.0. The number of nitrogens with zero attached hydrogens (tertiary/aromatic N) is 6. The number of carboxylic acid groups (broad SMARTS) is 1. The van der Waals surface area contributed by atoms with Crippen LogP contribution >= 0.6 is 0 Å². The lowest BCUT2D eigenvalue weighted by Crippen LogP contribution is -2.49. The number of aliphatic carboxylic acids is 1. The Morgan fingerprint density at radius 1 is 0.419 bits per heavy atom. The van der Waals surface area contributed by atoms with E-state index in [9.17, 15) is 63.3 Å². The number of benzene rings is 7. The monoisotopic (exact) mass is 1610 g/mol. The van der Waals surface area contributed by atoms with Crippen molar-refractivity contribution in [3.05, 3.63) is 218 Å². The number of esters is 1. The number of piperidine rings is 1. The molecule has 0 aliphatic carbocycles. The summed E-state index contributed by atoms with van der Waals surface area (Å²) in [4.78, 5) is 130. The summed E-state index contributed by atoms with van der Waals surface area (Å²) < 4.78 is 4.43. The number of hydrogen-bond donors (Lipinski definition) is 10. The molecule has 0 spiro atoms. The van der Waals surface area contributed by atoms with Gasteiger partial charge in [0.2, 0.25) is 47.3 Å². The molecule has 7 aromatic rings. The fraction of sp³-hybridized carbons (Fsp3) is 0.422. The topological polar surface area (TPSA) is 366 Å². The third-order valence-corrected chi connectivity index (χ3v) is 19.9. The Balaban J connectivity index is 0.000000227. The van der Waals surface area contributed by atoms with Crippen molar-refractivity contribution >= 4 is 93.3 Å². The maximum atomic E-state index is 12.8. The number of rotatable bonds is 30. The van der Waals surface area contributed by atoms with Crippen LogP contribution in [0.25, 0.3) is 0 Å². The van der Waals surface area contributed by atoms with Gasteiger partial charge in [-0.05, 0) is 123 Å². The molecule has 4 fully saturated rings. The first kappa shape index (κ1) is 94.7. The largest absolute Gasteiger partial charge is 0.481 e. The second kappa shape index (κ2) is 53.1. The average molecular weight is 1610 g/mol. The predicted molar refractivity (Wildman–Crippen MR) is 456 cm³/mol. The lowest BCUT2D eigenvalue weighted by Gasteiger charge is -2.38. The van der Waals surface area contributed by atoms with Crippen molar-refractivity contribution in [2.24, 2.45) is 5.92 Å². The Bertz CT molecular complexity index is 4090. The molecule has 4 heterocycles. The maximum absolute atomic E-state index is 12.8. The molecule has 4 aliphatic rings. The van der Waals surface area contributed by atoms with Crippen LogP contribution in [-0.2, 0) is 52.7 Å². The van der Waals surface area contributed by atoms with Crippen LogP contribution in [-0.4, -0.2) is 226 Å². The number of hydrogen-bond acceptors (Lipinski definition) is 18. The Morgan fingerprint density at radius 3 is 1.11 bits per heavy atom. The van der Waals surface area contributed by atoms with E-state index in [-0.39, 0.29) is 154 Å². The number of nitrogens with one attached hydrogen (secondary N) is 5. The van der Waals surface area contributed by atoms with Crippen molar-refractivity contribution in [1.29, 1.82) is 0 Å². The third kappa shape index (κ3) is 38.4. The van der Waals surface area contributed by atoms with E-state index in [1.54, 1.807) is 53.2 Å². The molecule has 11 rings (SSSR count). The third-order valence-electron chi connectivity index (χ3n) is 19.9. The number of nitrogen functional groups attached to an aromatic ring is 1. The van der Waals surface area contributed by atoms with Gasteiger partial charge < -0.3 is 72.2 Å². The van der Waals surface area contributed by atoms with Gasteiger partial charge in [0.25, 0.3) is 0 Å². The van der Waals surface area contributed by atoms with Gasteiger partial charge in [-0.3, -0.25) is 62.6 Å². The highest BCUT2D eigenvalue weighted by Crippen LogP contribution is 2.26. The number of anilines is 6. The van der Waals surface area contributed by atoms with Gasteiger partial charge in [0.1, 0.15) is 0 Å². The second-order valence-corrected chi connectivity index (χ2v) is 29.5. The van der Waals surface area contributed by atoms with Crippen molar-refractivity contribution in [2.75, 3.05) is 119 Å². The van der Waals surface area contributed by atoms with Gasteiger partial charge in [-0.1, -0.05) is 153 Å². The number of ether oxygens (including phenoxy) is 1. The summed E-state index contributed by atoms with van der Waals surface area (Å²) in [5, 5.41) is 51.3. The number of carbonyl (C=O) groups is 10. The Hall–Kier alpha value is -11.2.